The molecule has 1 atom stereocenters. The van der Waals surface area contributed by atoms with Gasteiger partial charge in [-0.05, 0) is 19.9 Å². The molecule has 0 saturated heterocycles. The summed E-state index contributed by atoms with van der Waals surface area (Å²) in [6.07, 6.45) is 0. The Morgan fingerprint density at radius 2 is 2.18 bits per heavy atom. The van der Waals surface area contributed by atoms with Crippen LogP contribution in [0.25, 0.3) is 0 Å². The van der Waals surface area contributed by atoms with Gasteiger partial charge in [0.2, 0.25) is 0 Å². The van der Waals surface area contributed by atoms with Crippen LogP contribution < -0.4 is 10.6 Å². The molecule has 0 spiro atoms. The predicted molar refractivity (Wildman–Crippen MR) is 66.9 cm³/mol. The van der Waals surface area contributed by atoms with Crippen molar-refractivity contribution in [1.29, 1.82) is 0 Å². The van der Waals surface area contributed by atoms with E-state index in [2.05, 4.69) is 10.6 Å². The van der Waals surface area contributed by atoms with Gasteiger partial charge in [0, 0.05) is 23.8 Å². The molecule has 0 fully saturated rings. The third kappa shape index (κ3) is 1.89. The minimum Gasteiger partial charge on any atom is -0.467 e. The lowest BCUT2D eigenvalue weighted by atomic mass is 9.91. The molecule has 17 heavy (non-hydrogen) atoms. The molecule has 1 aliphatic rings. The van der Waals surface area contributed by atoms with Crippen molar-refractivity contribution in [2.24, 2.45) is 0 Å². The molecule has 1 aliphatic heterocycles. The van der Waals surface area contributed by atoms with Crippen molar-refractivity contribution in [2.75, 3.05) is 19.0 Å². The Hall–Kier alpha value is -1.55. The summed E-state index contributed by atoms with van der Waals surface area (Å²) in [5.41, 5.74) is 1.19. The second-order valence-corrected chi connectivity index (χ2v) is 4.60. The van der Waals surface area contributed by atoms with Crippen molar-refractivity contribution in [2.45, 2.75) is 25.4 Å². The zero-order valence-corrected chi connectivity index (χ0v) is 10.4. The number of esters is 1. The summed E-state index contributed by atoms with van der Waals surface area (Å²) >= 11 is 0. The SMILES string of the molecule is COC(=O)C1(NC(C)C)CNc2ccccc21. The molecule has 0 aromatic heterocycles. The topological polar surface area (TPSA) is 50.4 Å². The van der Waals surface area contributed by atoms with E-state index >= 15 is 0 Å². The fourth-order valence-electron chi connectivity index (χ4n) is 2.37. The summed E-state index contributed by atoms with van der Waals surface area (Å²) < 4.78 is 4.95. The third-order valence-electron chi connectivity index (χ3n) is 3.00. The monoisotopic (exact) mass is 234 g/mol. The Bertz CT molecular complexity index is 431. The first-order valence-corrected chi connectivity index (χ1v) is 5.79. The van der Waals surface area contributed by atoms with Crippen molar-refractivity contribution < 1.29 is 9.53 Å². The molecule has 1 aromatic carbocycles. The highest BCUT2D eigenvalue weighted by atomic mass is 16.5. The minimum atomic E-state index is -0.764. The number of carbonyl (C=O) groups is 1. The van der Waals surface area contributed by atoms with Gasteiger partial charge >= 0.3 is 5.97 Å². The molecule has 1 aromatic rings. The number of carbonyl (C=O) groups excluding carboxylic acids is 1. The zero-order chi connectivity index (χ0) is 12.5. The second kappa shape index (κ2) is 4.37. The molecule has 4 nitrogen and oxygen atoms in total. The van der Waals surface area contributed by atoms with Gasteiger partial charge in [-0.15, -0.1) is 0 Å². The number of rotatable bonds is 3. The number of anilines is 1. The van der Waals surface area contributed by atoms with E-state index in [0.717, 1.165) is 11.3 Å². The molecule has 2 rings (SSSR count). The van der Waals surface area contributed by atoms with E-state index in [1.54, 1.807) is 0 Å². The summed E-state index contributed by atoms with van der Waals surface area (Å²) in [6, 6.07) is 8.02. The van der Waals surface area contributed by atoms with E-state index < -0.39 is 5.54 Å². The highest BCUT2D eigenvalue weighted by molar-refractivity contribution is 5.88. The van der Waals surface area contributed by atoms with E-state index in [1.165, 1.54) is 7.11 Å². The molecule has 2 N–H and O–H groups in total. The summed E-state index contributed by atoms with van der Waals surface area (Å²) in [6.45, 7) is 4.56. The summed E-state index contributed by atoms with van der Waals surface area (Å²) in [5.74, 6) is -0.247. The minimum absolute atomic E-state index is 0.196. The van der Waals surface area contributed by atoms with E-state index in [9.17, 15) is 4.79 Å². The number of nitrogens with one attached hydrogen (secondary N) is 2. The molecule has 0 radical (unpaired) electrons. The Morgan fingerprint density at radius 1 is 1.47 bits per heavy atom. The van der Waals surface area contributed by atoms with Crippen molar-refractivity contribution in [1.82, 2.24) is 5.32 Å². The summed E-state index contributed by atoms with van der Waals surface area (Å²) in [4.78, 5) is 12.1. The molecule has 1 unspecified atom stereocenters. The van der Waals surface area contributed by atoms with Crippen LogP contribution in [0.4, 0.5) is 5.69 Å². The van der Waals surface area contributed by atoms with Crippen LogP contribution in [0.1, 0.15) is 19.4 Å². The normalized spacial score (nSPS) is 22.1. The summed E-state index contributed by atoms with van der Waals surface area (Å²) in [7, 11) is 1.42. The van der Waals surface area contributed by atoms with Crippen molar-refractivity contribution >= 4 is 11.7 Å². The van der Waals surface area contributed by atoms with E-state index in [-0.39, 0.29) is 12.0 Å². The van der Waals surface area contributed by atoms with Crippen LogP contribution >= 0.6 is 0 Å². The average Bonchev–Trinajstić information content (AvgIpc) is 2.68. The van der Waals surface area contributed by atoms with Gasteiger partial charge in [0.25, 0.3) is 0 Å². The molecular formula is C13H18N2O2. The predicted octanol–water partition coefficient (Wildman–Crippen LogP) is 1.48. The van der Waals surface area contributed by atoms with Crippen molar-refractivity contribution in [3.8, 4) is 0 Å². The maximum Gasteiger partial charge on any atom is 0.332 e. The van der Waals surface area contributed by atoms with Crippen LogP contribution in [-0.4, -0.2) is 25.7 Å². The van der Waals surface area contributed by atoms with Gasteiger partial charge in [0.15, 0.2) is 5.54 Å². The molecule has 1 heterocycles. The van der Waals surface area contributed by atoms with Gasteiger partial charge < -0.3 is 10.1 Å². The lowest BCUT2D eigenvalue weighted by molar-refractivity contribution is -0.148. The molecule has 0 saturated carbocycles. The van der Waals surface area contributed by atoms with Crippen LogP contribution in [0.5, 0.6) is 0 Å². The van der Waals surface area contributed by atoms with E-state index in [4.69, 9.17) is 4.74 Å². The number of methoxy groups -OCH3 is 1. The van der Waals surface area contributed by atoms with Crippen LogP contribution in [0.15, 0.2) is 24.3 Å². The third-order valence-corrected chi connectivity index (χ3v) is 3.00. The van der Waals surface area contributed by atoms with Crippen LogP contribution in [0.2, 0.25) is 0 Å². The van der Waals surface area contributed by atoms with E-state index in [1.807, 2.05) is 38.1 Å². The smallest absolute Gasteiger partial charge is 0.332 e. The highest BCUT2D eigenvalue weighted by Crippen LogP contribution is 2.35. The Morgan fingerprint density at radius 3 is 2.82 bits per heavy atom. The lowest BCUT2D eigenvalue weighted by Crippen LogP contribution is -2.54. The van der Waals surface area contributed by atoms with Gasteiger partial charge in [0.1, 0.15) is 0 Å². The van der Waals surface area contributed by atoms with Gasteiger partial charge in [-0.1, -0.05) is 18.2 Å². The number of para-hydroxylation sites is 1. The number of hydrogen-bond donors (Lipinski definition) is 2. The van der Waals surface area contributed by atoms with Gasteiger partial charge in [0.05, 0.1) is 7.11 Å². The summed E-state index contributed by atoms with van der Waals surface area (Å²) in [5, 5.41) is 6.57. The Labute approximate surface area is 101 Å². The van der Waals surface area contributed by atoms with Crippen LogP contribution in [0.3, 0.4) is 0 Å². The van der Waals surface area contributed by atoms with Gasteiger partial charge in [-0.2, -0.15) is 0 Å². The molecule has 0 bridgehead atoms. The number of hydrogen-bond acceptors (Lipinski definition) is 4. The molecule has 4 heteroatoms. The number of fused-ring (bicyclic) bond motifs is 1. The van der Waals surface area contributed by atoms with Crippen LogP contribution in [-0.2, 0) is 15.1 Å². The fraction of sp³-hybridized carbons (Fsp3) is 0.462. The highest BCUT2D eigenvalue weighted by Gasteiger charge is 2.46. The first kappa shape index (κ1) is 11.9. The molecule has 0 amide bonds. The first-order chi connectivity index (χ1) is 8.10. The maximum absolute atomic E-state index is 12.1. The second-order valence-electron chi connectivity index (χ2n) is 4.60. The number of benzene rings is 1. The Balaban J connectivity index is 2.46. The standard InChI is InChI=1S/C13H18N2O2/c1-9(2)15-13(12(16)17-3)8-14-11-7-5-4-6-10(11)13/h4-7,9,14-15H,8H2,1-3H3. The number of ether oxygens (including phenoxy) is 1. The van der Waals surface area contributed by atoms with E-state index in [0.29, 0.717) is 6.54 Å². The van der Waals surface area contributed by atoms with Crippen molar-refractivity contribution in [3.63, 3.8) is 0 Å². The largest absolute Gasteiger partial charge is 0.467 e. The molecule has 92 valence electrons. The van der Waals surface area contributed by atoms with Crippen molar-refractivity contribution in [3.05, 3.63) is 29.8 Å². The first-order valence-electron chi connectivity index (χ1n) is 5.79. The van der Waals surface area contributed by atoms with Crippen LogP contribution in [0, 0.1) is 0 Å². The fourth-order valence-corrected chi connectivity index (χ4v) is 2.37. The molecular weight excluding hydrogens is 216 g/mol. The quantitative estimate of drug-likeness (QED) is 0.778. The Kier molecular flexibility index (Phi) is 3.07. The molecule has 0 aliphatic carbocycles. The average molecular weight is 234 g/mol. The van der Waals surface area contributed by atoms with Gasteiger partial charge in [-0.25, -0.2) is 4.79 Å². The lowest BCUT2D eigenvalue weighted by Gasteiger charge is -2.29. The zero-order valence-electron chi connectivity index (χ0n) is 10.4. The van der Waals surface area contributed by atoms with Gasteiger partial charge in [-0.3, -0.25) is 5.32 Å². The maximum atomic E-state index is 12.1.